The summed E-state index contributed by atoms with van der Waals surface area (Å²) in [5.41, 5.74) is 8.49. The number of carbonyl (C=O) groups excluding carboxylic acids is 1. The van der Waals surface area contributed by atoms with Crippen LogP contribution in [0, 0.1) is 5.92 Å². The zero-order valence-electron chi connectivity index (χ0n) is 10.8. The number of amides is 1. The molecule has 0 spiro atoms. The first kappa shape index (κ1) is 13.6. The van der Waals surface area contributed by atoms with Gasteiger partial charge in [-0.05, 0) is 18.1 Å². The third-order valence-electron chi connectivity index (χ3n) is 3.42. The molecule has 6 heteroatoms. The monoisotopic (exact) mass is 351 g/mol. The maximum atomic E-state index is 12.0. The fraction of sp³-hybridized carbons (Fsp3) is 0.286. The van der Waals surface area contributed by atoms with Crippen LogP contribution in [0.25, 0.3) is 11.3 Å². The minimum Gasteiger partial charge on any atom is -0.375 e. The second-order valence-corrected chi connectivity index (χ2v) is 6.38. The number of thiazole rings is 1. The quantitative estimate of drug-likeness (QED) is 0.864. The Morgan fingerprint density at radius 2 is 2.15 bits per heavy atom. The van der Waals surface area contributed by atoms with Crippen LogP contribution >= 0.6 is 27.3 Å². The summed E-state index contributed by atoms with van der Waals surface area (Å²) in [6, 6.07) is 7.91. The van der Waals surface area contributed by atoms with Gasteiger partial charge in [0.25, 0.3) is 0 Å². The number of halogens is 1. The third-order valence-corrected chi connectivity index (χ3v) is 5.01. The normalized spacial score (nSPS) is 18.8. The van der Waals surface area contributed by atoms with Crippen molar-refractivity contribution in [2.45, 2.75) is 6.42 Å². The van der Waals surface area contributed by atoms with Gasteiger partial charge in [0.2, 0.25) is 5.91 Å². The predicted molar refractivity (Wildman–Crippen MR) is 86.2 cm³/mol. The van der Waals surface area contributed by atoms with Crippen molar-refractivity contribution in [1.29, 1.82) is 0 Å². The Kier molecular flexibility index (Phi) is 3.76. The summed E-state index contributed by atoms with van der Waals surface area (Å²) in [6.45, 7) is 0.785. The van der Waals surface area contributed by atoms with Crippen LogP contribution in [0.15, 0.2) is 29.6 Å². The van der Waals surface area contributed by atoms with Gasteiger partial charge in [-0.15, -0.1) is 11.3 Å². The number of nitrogen functional groups attached to an aromatic ring is 1. The molecule has 1 aliphatic rings. The van der Waals surface area contributed by atoms with Crippen molar-refractivity contribution in [3.05, 3.63) is 29.6 Å². The molecule has 2 heterocycles. The van der Waals surface area contributed by atoms with Crippen LogP contribution in [0.5, 0.6) is 0 Å². The van der Waals surface area contributed by atoms with E-state index in [1.54, 1.807) is 0 Å². The number of hydrogen-bond donors (Lipinski definition) is 1. The summed E-state index contributed by atoms with van der Waals surface area (Å²) >= 11 is 4.88. The first-order chi connectivity index (χ1) is 9.67. The van der Waals surface area contributed by atoms with Gasteiger partial charge in [0.05, 0.1) is 5.69 Å². The van der Waals surface area contributed by atoms with E-state index >= 15 is 0 Å². The molecule has 0 radical (unpaired) electrons. The second-order valence-electron chi connectivity index (χ2n) is 4.85. The minimum atomic E-state index is 0.195. The Balaban J connectivity index is 1.81. The van der Waals surface area contributed by atoms with Gasteiger partial charge < -0.3 is 10.6 Å². The first-order valence-electron chi connectivity index (χ1n) is 6.35. The smallest absolute Gasteiger partial charge is 0.227 e. The number of nitrogens with two attached hydrogens (primary N) is 1. The molecular weight excluding hydrogens is 338 g/mol. The predicted octanol–water partition coefficient (Wildman–Crippen LogP) is 3.14. The molecule has 20 heavy (non-hydrogen) atoms. The van der Waals surface area contributed by atoms with Gasteiger partial charge in [-0.25, -0.2) is 4.98 Å². The number of nitrogens with zero attached hydrogens (tertiary/aromatic N) is 2. The van der Waals surface area contributed by atoms with Crippen LogP contribution in [-0.4, -0.2) is 22.8 Å². The van der Waals surface area contributed by atoms with Crippen molar-refractivity contribution >= 4 is 44.0 Å². The maximum Gasteiger partial charge on any atom is 0.227 e. The fourth-order valence-electron chi connectivity index (χ4n) is 2.37. The minimum absolute atomic E-state index is 0.195. The lowest BCUT2D eigenvalue weighted by molar-refractivity contribution is -0.117. The summed E-state index contributed by atoms with van der Waals surface area (Å²) in [7, 11) is 0. The molecule has 4 nitrogen and oxygen atoms in total. The van der Waals surface area contributed by atoms with Gasteiger partial charge in [-0.2, -0.15) is 0 Å². The zero-order chi connectivity index (χ0) is 14.1. The van der Waals surface area contributed by atoms with Gasteiger partial charge in [-0.3, -0.25) is 4.79 Å². The SMILES string of the molecule is Nc1nc(-c2ccc(N3CC(CBr)CC3=O)cc2)cs1. The molecule has 104 valence electrons. The lowest BCUT2D eigenvalue weighted by atomic mass is 10.1. The van der Waals surface area contributed by atoms with Crippen LogP contribution < -0.4 is 10.6 Å². The highest BCUT2D eigenvalue weighted by Crippen LogP contribution is 2.29. The first-order valence-corrected chi connectivity index (χ1v) is 8.35. The van der Waals surface area contributed by atoms with Gasteiger partial charge in [-0.1, -0.05) is 28.1 Å². The number of alkyl halides is 1. The number of rotatable bonds is 3. The van der Waals surface area contributed by atoms with E-state index in [0.29, 0.717) is 17.5 Å². The molecule has 1 unspecified atom stereocenters. The van der Waals surface area contributed by atoms with Gasteiger partial charge in [0.15, 0.2) is 5.13 Å². The molecule has 2 aromatic rings. The van der Waals surface area contributed by atoms with E-state index in [1.807, 2.05) is 34.5 Å². The third kappa shape index (κ3) is 2.58. The standard InChI is InChI=1S/C14H14BrN3OS/c15-6-9-5-13(19)18(7-9)11-3-1-10(2-4-11)12-8-20-14(16)17-12/h1-4,8-9H,5-7H2,(H2,16,17). The van der Waals surface area contributed by atoms with Crippen LogP contribution in [0.1, 0.15) is 6.42 Å². The average molecular weight is 352 g/mol. The van der Waals surface area contributed by atoms with Crippen molar-refractivity contribution < 1.29 is 4.79 Å². The van der Waals surface area contributed by atoms with E-state index in [0.717, 1.165) is 28.8 Å². The number of benzene rings is 1. The molecule has 1 saturated heterocycles. The van der Waals surface area contributed by atoms with Crippen molar-refractivity contribution in [2.24, 2.45) is 5.92 Å². The Hall–Kier alpha value is -1.40. The Morgan fingerprint density at radius 1 is 1.40 bits per heavy atom. The number of aromatic nitrogens is 1. The van der Waals surface area contributed by atoms with Crippen LogP contribution in [0.2, 0.25) is 0 Å². The van der Waals surface area contributed by atoms with Gasteiger partial charge in [0.1, 0.15) is 0 Å². The van der Waals surface area contributed by atoms with E-state index in [4.69, 9.17) is 5.73 Å². The number of hydrogen-bond acceptors (Lipinski definition) is 4. The van der Waals surface area contributed by atoms with Crippen LogP contribution in [0.3, 0.4) is 0 Å². The van der Waals surface area contributed by atoms with E-state index in [1.165, 1.54) is 11.3 Å². The molecule has 1 amide bonds. The molecule has 1 aromatic heterocycles. The summed E-state index contributed by atoms with van der Waals surface area (Å²) in [5, 5.41) is 3.37. The summed E-state index contributed by atoms with van der Waals surface area (Å²) in [4.78, 5) is 18.1. The largest absolute Gasteiger partial charge is 0.375 e. The molecule has 1 atom stereocenters. The topological polar surface area (TPSA) is 59.2 Å². The summed E-state index contributed by atoms with van der Waals surface area (Å²) < 4.78 is 0. The van der Waals surface area contributed by atoms with Crippen molar-refractivity contribution in [1.82, 2.24) is 4.98 Å². The molecule has 3 rings (SSSR count). The number of anilines is 2. The Bertz CT molecular complexity index is 626. The fourth-order valence-corrected chi connectivity index (χ4v) is 3.37. The average Bonchev–Trinajstić information content (AvgIpc) is 3.05. The molecule has 0 aliphatic carbocycles. The van der Waals surface area contributed by atoms with E-state index in [-0.39, 0.29) is 5.91 Å². The Labute approximate surface area is 129 Å². The maximum absolute atomic E-state index is 12.0. The highest BCUT2D eigenvalue weighted by Gasteiger charge is 2.29. The van der Waals surface area contributed by atoms with Gasteiger partial charge >= 0.3 is 0 Å². The van der Waals surface area contributed by atoms with Crippen LogP contribution in [0.4, 0.5) is 10.8 Å². The molecular formula is C14H14BrN3OS. The van der Waals surface area contributed by atoms with Crippen LogP contribution in [-0.2, 0) is 4.79 Å². The van der Waals surface area contributed by atoms with E-state index < -0.39 is 0 Å². The van der Waals surface area contributed by atoms with Crippen molar-refractivity contribution in [2.75, 3.05) is 22.5 Å². The molecule has 0 bridgehead atoms. The molecule has 1 fully saturated rings. The molecule has 0 saturated carbocycles. The molecule has 1 aliphatic heterocycles. The van der Waals surface area contributed by atoms with Gasteiger partial charge in [0, 0.05) is 34.9 Å². The van der Waals surface area contributed by atoms with E-state index in [9.17, 15) is 4.79 Å². The highest BCUT2D eigenvalue weighted by atomic mass is 79.9. The van der Waals surface area contributed by atoms with E-state index in [2.05, 4.69) is 20.9 Å². The molecule has 2 N–H and O–H groups in total. The summed E-state index contributed by atoms with van der Waals surface area (Å²) in [5.74, 6) is 0.598. The molecule has 1 aromatic carbocycles. The number of carbonyl (C=O) groups is 1. The van der Waals surface area contributed by atoms with Crippen molar-refractivity contribution in [3.8, 4) is 11.3 Å². The highest BCUT2D eigenvalue weighted by molar-refractivity contribution is 9.09. The lowest BCUT2D eigenvalue weighted by Gasteiger charge is -2.16. The van der Waals surface area contributed by atoms with Crippen molar-refractivity contribution in [3.63, 3.8) is 0 Å². The second kappa shape index (κ2) is 5.54. The zero-order valence-corrected chi connectivity index (χ0v) is 13.2. The lowest BCUT2D eigenvalue weighted by Crippen LogP contribution is -2.24. The Morgan fingerprint density at radius 3 is 2.70 bits per heavy atom. The summed E-state index contributed by atoms with van der Waals surface area (Å²) in [6.07, 6.45) is 0.621.